The van der Waals surface area contributed by atoms with E-state index in [9.17, 15) is 23.1 Å². The van der Waals surface area contributed by atoms with Crippen LogP contribution in [0.1, 0.15) is 28.9 Å². The molecule has 0 saturated heterocycles. The smallest absolute Gasteiger partial charge is 0.450 e. The van der Waals surface area contributed by atoms with Gasteiger partial charge in [0.1, 0.15) is 17.3 Å². The molecule has 2 heterocycles. The van der Waals surface area contributed by atoms with Crippen LogP contribution in [0, 0.1) is 0 Å². The molecule has 29 heavy (non-hydrogen) atoms. The monoisotopic (exact) mass is 427 g/mol. The van der Waals surface area contributed by atoms with Gasteiger partial charge in [0.05, 0.1) is 18.8 Å². The fraction of sp³-hybridized carbons (Fsp3) is 0.278. The van der Waals surface area contributed by atoms with E-state index in [4.69, 9.17) is 9.15 Å². The molecule has 3 aromatic rings. The van der Waals surface area contributed by atoms with Crippen LogP contribution in [-0.4, -0.2) is 33.6 Å². The molecule has 0 aliphatic rings. The first-order chi connectivity index (χ1) is 13.7. The van der Waals surface area contributed by atoms with Gasteiger partial charge in [-0.3, -0.25) is 10.1 Å². The number of aromatic nitrogens is 2. The molecule has 2 aromatic heterocycles. The number of furan rings is 1. The third kappa shape index (κ3) is 4.93. The molecule has 1 atom stereocenters. The second kappa shape index (κ2) is 8.21. The molecule has 0 aliphatic carbocycles. The number of ether oxygens (including phenoxy) is 1. The lowest BCUT2D eigenvalue weighted by molar-refractivity contribution is -0.153. The molecule has 7 nitrogen and oxygen atoms in total. The number of hydrogen-bond donors (Lipinski definition) is 2. The van der Waals surface area contributed by atoms with Crippen molar-refractivity contribution in [3.63, 3.8) is 0 Å². The van der Waals surface area contributed by atoms with E-state index in [0.29, 0.717) is 11.3 Å². The van der Waals surface area contributed by atoms with E-state index in [2.05, 4.69) is 14.7 Å². The number of benzene rings is 1. The Labute approximate surface area is 167 Å². The van der Waals surface area contributed by atoms with Gasteiger partial charge in [0.15, 0.2) is 0 Å². The molecule has 0 aliphatic heterocycles. The van der Waals surface area contributed by atoms with Crippen LogP contribution in [0.2, 0.25) is 0 Å². The Kier molecular flexibility index (Phi) is 5.89. The van der Waals surface area contributed by atoms with Gasteiger partial charge in [-0.05, 0) is 25.1 Å². The van der Waals surface area contributed by atoms with Crippen LogP contribution in [-0.2, 0) is 12.6 Å². The number of halogens is 3. The van der Waals surface area contributed by atoms with Gasteiger partial charge in [0, 0.05) is 23.5 Å². The van der Waals surface area contributed by atoms with E-state index in [1.165, 1.54) is 19.2 Å². The zero-order valence-electron chi connectivity index (χ0n) is 15.3. The predicted octanol–water partition coefficient (Wildman–Crippen LogP) is 4.00. The van der Waals surface area contributed by atoms with Crippen LogP contribution in [0.4, 0.5) is 18.3 Å². The first-order valence-electron chi connectivity index (χ1n) is 8.35. The summed E-state index contributed by atoms with van der Waals surface area (Å²) in [5.41, 5.74) is -0.355. The van der Waals surface area contributed by atoms with Gasteiger partial charge in [0.2, 0.25) is 10.9 Å². The summed E-state index contributed by atoms with van der Waals surface area (Å²) in [6, 6.07) is 7.27. The SMILES string of the molecule is COc1cccc(-c2cc(C(=O)Nc3nc(CC(C)O)ns3)c(C(F)(F)F)o2)c1. The third-order valence-corrected chi connectivity index (χ3v) is 4.42. The summed E-state index contributed by atoms with van der Waals surface area (Å²) >= 11 is 0.803. The quantitative estimate of drug-likeness (QED) is 0.617. The number of nitrogens with one attached hydrogen (secondary N) is 1. The first-order valence-corrected chi connectivity index (χ1v) is 9.12. The maximum atomic E-state index is 13.4. The Bertz CT molecular complexity index is 1010. The second-order valence-corrected chi connectivity index (χ2v) is 6.86. The highest BCUT2D eigenvalue weighted by Crippen LogP contribution is 2.38. The maximum Gasteiger partial charge on any atom is 0.450 e. The van der Waals surface area contributed by atoms with Crippen molar-refractivity contribution in [3.05, 3.63) is 47.5 Å². The van der Waals surface area contributed by atoms with Crippen molar-refractivity contribution in [2.24, 2.45) is 0 Å². The lowest BCUT2D eigenvalue weighted by Crippen LogP contribution is -2.17. The van der Waals surface area contributed by atoms with Gasteiger partial charge in [-0.25, -0.2) is 4.98 Å². The molecule has 154 valence electrons. The highest BCUT2D eigenvalue weighted by Gasteiger charge is 2.40. The zero-order valence-corrected chi connectivity index (χ0v) is 16.1. The summed E-state index contributed by atoms with van der Waals surface area (Å²) in [6.45, 7) is 1.54. The van der Waals surface area contributed by atoms with Crippen LogP contribution < -0.4 is 10.1 Å². The number of alkyl halides is 3. The number of anilines is 1. The van der Waals surface area contributed by atoms with E-state index < -0.39 is 29.5 Å². The average Bonchev–Trinajstić information content (AvgIpc) is 3.28. The molecule has 0 radical (unpaired) electrons. The van der Waals surface area contributed by atoms with Crippen LogP contribution in [0.5, 0.6) is 5.75 Å². The second-order valence-electron chi connectivity index (χ2n) is 6.11. The molecule has 2 N–H and O–H groups in total. The standard InChI is InChI=1S/C18H16F3N3O4S/c1-9(25)6-14-22-17(29-24-14)23-16(26)12-8-13(28-15(12)18(19,20)21)10-4-3-5-11(7-10)27-2/h3-5,7-9,25H,6H2,1-2H3,(H,22,23,24,26). The van der Waals surface area contributed by atoms with Gasteiger partial charge < -0.3 is 14.3 Å². The maximum absolute atomic E-state index is 13.4. The zero-order chi connectivity index (χ0) is 21.2. The van der Waals surface area contributed by atoms with E-state index in [0.717, 1.165) is 17.6 Å². The molecule has 1 amide bonds. The number of carbonyl (C=O) groups excluding carboxylic acids is 1. The highest BCUT2D eigenvalue weighted by molar-refractivity contribution is 7.09. The van der Waals surface area contributed by atoms with Crippen molar-refractivity contribution in [1.82, 2.24) is 9.36 Å². The Morgan fingerprint density at radius 3 is 2.79 bits per heavy atom. The number of amides is 1. The summed E-state index contributed by atoms with van der Waals surface area (Å²) in [5, 5.41) is 11.6. The van der Waals surface area contributed by atoms with E-state index >= 15 is 0 Å². The molecular weight excluding hydrogens is 411 g/mol. The predicted molar refractivity (Wildman–Crippen MR) is 98.9 cm³/mol. The molecular formula is C18H16F3N3O4S. The molecule has 1 unspecified atom stereocenters. The summed E-state index contributed by atoms with van der Waals surface area (Å²) in [6.07, 6.45) is -5.40. The fourth-order valence-corrected chi connectivity index (χ4v) is 3.10. The third-order valence-electron chi connectivity index (χ3n) is 3.75. The number of methoxy groups -OCH3 is 1. The van der Waals surface area contributed by atoms with Crippen molar-refractivity contribution >= 4 is 22.6 Å². The Morgan fingerprint density at radius 2 is 2.14 bits per heavy atom. The van der Waals surface area contributed by atoms with Crippen LogP contribution in [0.25, 0.3) is 11.3 Å². The van der Waals surface area contributed by atoms with Crippen LogP contribution >= 0.6 is 11.5 Å². The Balaban J connectivity index is 1.91. The number of aliphatic hydroxyl groups is 1. The van der Waals surface area contributed by atoms with Crippen molar-refractivity contribution in [2.75, 3.05) is 12.4 Å². The number of rotatable bonds is 6. The normalized spacial score (nSPS) is 12.6. The van der Waals surface area contributed by atoms with Crippen molar-refractivity contribution in [2.45, 2.75) is 25.6 Å². The highest BCUT2D eigenvalue weighted by atomic mass is 32.1. The van der Waals surface area contributed by atoms with Gasteiger partial charge >= 0.3 is 6.18 Å². The number of hydrogen-bond acceptors (Lipinski definition) is 7. The summed E-state index contributed by atoms with van der Waals surface area (Å²) < 4.78 is 54.2. The van der Waals surface area contributed by atoms with Gasteiger partial charge in [-0.1, -0.05) is 12.1 Å². The summed E-state index contributed by atoms with van der Waals surface area (Å²) in [5.74, 6) is -1.87. The summed E-state index contributed by atoms with van der Waals surface area (Å²) in [7, 11) is 1.43. The molecule has 1 aromatic carbocycles. The van der Waals surface area contributed by atoms with Crippen molar-refractivity contribution in [3.8, 4) is 17.1 Å². The summed E-state index contributed by atoms with van der Waals surface area (Å²) in [4.78, 5) is 16.5. The van der Waals surface area contributed by atoms with Crippen LogP contribution in [0.15, 0.2) is 34.7 Å². The fourth-order valence-electron chi connectivity index (χ4n) is 2.51. The number of nitrogens with zero attached hydrogens (tertiary/aromatic N) is 2. The Morgan fingerprint density at radius 1 is 1.38 bits per heavy atom. The van der Waals surface area contributed by atoms with Crippen molar-refractivity contribution in [1.29, 1.82) is 0 Å². The minimum atomic E-state index is -4.87. The molecule has 0 fully saturated rings. The molecule has 11 heteroatoms. The largest absolute Gasteiger partial charge is 0.497 e. The molecule has 0 bridgehead atoms. The van der Waals surface area contributed by atoms with Gasteiger partial charge in [0.25, 0.3) is 5.91 Å². The molecule has 0 spiro atoms. The first kappa shape index (κ1) is 20.8. The minimum Gasteiger partial charge on any atom is -0.497 e. The van der Waals surface area contributed by atoms with E-state index in [1.807, 2.05) is 0 Å². The average molecular weight is 427 g/mol. The van der Waals surface area contributed by atoms with E-state index in [1.54, 1.807) is 19.1 Å². The number of aliphatic hydroxyl groups excluding tert-OH is 1. The molecule has 0 saturated carbocycles. The Hall–Kier alpha value is -2.92. The van der Waals surface area contributed by atoms with E-state index in [-0.39, 0.29) is 23.1 Å². The lowest BCUT2D eigenvalue weighted by atomic mass is 10.1. The topological polar surface area (TPSA) is 97.5 Å². The van der Waals surface area contributed by atoms with Crippen LogP contribution in [0.3, 0.4) is 0 Å². The molecule has 3 rings (SSSR count). The van der Waals surface area contributed by atoms with Gasteiger partial charge in [-0.15, -0.1) is 0 Å². The minimum absolute atomic E-state index is 0.0166. The number of carbonyl (C=O) groups is 1. The lowest BCUT2D eigenvalue weighted by Gasteiger charge is -2.05. The van der Waals surface area contributed by atoms with Gasteiger partial charge in [-0.2, -0.15) is 17.5 Å². The van der Waals surface area contributed by atoms with Crippen molar-refractivity contribution < 1.29 is 32.2 Å².